The number of rotatable bonds is 8. The summed E-state index contributed by atoms with van der Waals surface area (Å²) in [5, 5.41) is 22.2. The number of sulfonamides is 1. The Kier molecular flexibility index (Phi) is 7.78. The topological polar surface area (TPSA) is 133 Å². The van der Waals surface area contributed by atoms with Gasteiger partial charge in [-0.2, -0.15) is 8.70 Å². The van der Waals surface area contributed by atoms with Gasteiger partial charge in [-0.05, 0) is 50.5 Å². The summed E-state index contributed by atoms with van der Waals surface area (Å²) in [6.07, 6.45) is 1.53. The molecule has 1 aromatic carbocycles. The number of hydrogen-bond acceptors (Lipinski definition) is 8. The Morgan fingerprint density at radius 1 is 1.38 bits per heavy atom. The minimum absolute atomic E-state index is 0.0628. The number of hydrogen-bond donors (Lipinski definition) is 4. The van der Waals surface area contributed by atoms with Crippen LogP contribution in [0.2, 0.25) is 5.02 Å². The van der Waals surface area contributed by atoms with Crippen LogP contribution in [0.15, 0.2) is 44.2 Å². The average Bonchev–Trinajstić information content (AvgIpc) is 3.38. The molecule has 0 unspecified atom stereocenters. The fourth-order valence-corrected chi connectivity index (χ4v) is 5.67. The van der Waals surface area contributed by atoms with Crippen molar-refractivity contribution in [1.29, 1.82) is 0 Å². The standard InChI is InChI=1S/C20H26ClN5O4S2/c1-12-10-15(30-14(12)3)11-23-13(2)20(25-31-22)24-17-7-6-16(21)19(18(17)27)32(28,29)26-8-4-5-9-26/h6-7,10,23,27H,2,4-5,8-9,11,22H2,1,3H3,(H,24,25). The molecule has 12 heteroatoms. The highest BCUT2D eigenvalue weighted by atomic mass is 35.5. The second kappa shape index (κ2) is 10.2. The Balaban J connectivity index is 1.83. The van der Waals surface area contributed by atoms with Crippen molar-refractivity contribution in [3.05, 3.63) is 52.6 Å². The second-order valence-corrected chi connectivity index (χ2v) is 10.0. The Bertz CT molecular complexity index is 1120. The molecular formula is C20H26ClN5O4S2. The van der Waals surface area contributed by atoms with E-state index in [1.165, 1.54) is 16.4 Å². The molecule has 1 aliphatic rings. The van der Waals surface area contributed by atoms with Gasteiger partial charge in [0, 0.05) is 13.1 Å². The molecule has 5 N–H and O–H groups in total. The van der Waals surface area contributed by atoms with E-state index in [1.807, 2.05) is 19.9 Å². The predicted molar refractivity (Wildman–Crippen MR) is 128 cm³/mol. The number of halogens is 1. The summed E-state index contributed by atoms with van der Waals surface area (Å²) >= 11 is 6.86. The summed E-state index contributed by atoms with van der Waals surface area (Å²) in [5.74, 6) is 1.26. The van der Waals surface area contributed by atoms with Crippen LogP contribution in [0.4, 0.5) is 5.69 Å². The van der Waals surface area contributed by atoms with Gasteiger partial charge in [0.05, 0.1) is 35.1 Å². The summed E-state index contributed by atoms with van der Waals surface area (Å²) in [4.78, 5) is -0.342. The van der Waals surface area contributed by atoms with E-state index >= 15 is 0 Å². The van der Waals surface area contributed by atoms with Gasteiger partial charge in [-0.15, -0.1) is 0 Å². The summed E-state index contributed by atoms with van der Waals surface area (Å²) in [6.45, 7) is 8.90. The molecule has 2 heterocycles. The first-order valence-corrected chi connectivity index (χ1v) is 12.5. The van der Waals surface area contributed by atoms with E-state index in [0.29, 0.717) is 43.2 Å². The van der Waals surface area contributed by atoms with Gasteiger partial charge >= 0.3 is 0 Å². The van der Waals surface area contributed by atoms with Crippen molar-refractivity contribution in [2.45, 2.75) is 38.1 Å². The maximum atomic E-state index is 13.0. The third kappa shape index (κ3) is 5.24. The average molecular weight is 500 g/mol. The number of nitrogens with one attached hydrogen (secondary N) is 2. The minimum Gasteiger partial charge on any atom is -0.504 e. The van der Waals surface area contributed by atoms with Crippen LogP contribution in [0.1, 0.15) is 29.9 Å². The maximum absolute atomic E-state index is 13.0. The van der Waals surface area contributed by atoms with Gasteiger partial charge in [-0.3, -0.25) is 5.14 Å². The molecule has 174 valence electrons. The monoisotopic (exact) mass is 499 g/mol. The number of benzene rings is 1. The van der Waals surface area contributed by atoms with Gasteiger partial charge in [0.25, 0.3) is 0 Å². The van der Waals surface area contributed by atoms with Gasteiger partial charge < -0.3 is 20.2 Å². The SMILES string of the molecule is C=C(NCc1cc(C)c(C)o1)/C(=N\SN)Nc1ccc(Cl)c(S(=O)(=O)N2CCCC2)c1O. The quantitative estimate of drug-likeness (QED) is 0.187. The van der Waals surface area contributed by atoms with E-state index in [9.17, 15) is 13.5 Å². The number of aryl methyl sites for hydroxylation is 2. The lowest BCUT2D eigenvalue weighted by atomic mass is 10.2. The van der Waals surface area contributed by atoms with Crippen molar-refractivity contribution in [3.8, 4) is 5.75 Å². The molecule has 0 amide bonds. The molecule has 32 heavy (non-hydrogen) atoms. The lowest BCUT2D eigenvalue weighted by Crippen LogP contribution is -2.28. The molecule has 0 atom stereocenters. The first kappa shape index (κ1) is 24.5. The number of aromatic hydroxyl groups is 1. The molecule has 3 rings (SSSR count). The van der Waals surface area contributed by atoms with E-state index in [0.717, 1.165) is 24.2 Å². The van der Waals surface area contributed by atoms with E-state index in [4.69, 9.17) is 21.2 Å². The molecule has 1 aromatic heterocycles. The number of amidine groups is 1. The van der Waals surface area contributed by atoms with Gasteiger partial charge in [-0.1, -0.05) is 18.2 Å². The van der Waals surface area contributed by atoms with Crippen LogP contribution in [0.3, 0.4) is 0 Å². The van der Waals surface area contributed by atoms with Crippen molar-refractivity contribution < 1.29 is 17.9 Å². The van der Waals surface area contributed by atoms with Crippen LogP contribution in [0.5, 0.6) is 5.75 Å². The van der Waals surface area contributed by atoms with Crippen LogP contribution >= 0.6 is 23.7 Å². The highest BCUT2D eigenvalue weighted by Crippen LogP contribution is 2.39. The van der Waals surface area contributed by atoms with Crippen LogP contribution in [0, 0.1) is 13.8 Å². The number of phenols is 1. The largest absolute Gasteiger partial charge is 0.504 e. The molecule has 2 aromatic rings. The summed E-state index contributed by atoms with van der Waals surface area (Å²) in [7, 11) is -3.95. The Hall–Kier alpha value is -2.18. The van der Waals surface area contributed by atoms with Crippen LogP contribution in [-0.2, 0) is 16.6 Å². The smallest absolute Gasteiger partial charge is 0.248 e. The van der Waals surface area contributed by atoms with Crippen LogP contribution in [0.25, 0.3) is 0 Å². The molecule has 0 bridgehead atoms. The van der Waals surface area contributed by atoms with Crippen molar-refractivity contribution in [3.63, 3.8) is 0 Å². The third-order valence-corrected chi connectivity index (χ3v) is 7.81. The molecule has 1 fully saturated rings. The molecule has 1 aliphatic heterocycles. The maximum Gasteiger partial charge on any atom is 0.248 e. The Labute approximate surface area is 197 Å². The fraction of sp³-hybridized carbons (Fsp3) is 0.350. The third-order valence-electron chi connectivity index (χ3n) is 5.12. The number of nitrogens with zero attached hydrogens (tertiary/aromatic N) is 2. The van der Waals surface area contributed by atoms with Crippen molar-refractivity contribution in [2.75, 3.05) is 18.4 Å². The van der Waals surface area contributed by atoms with Crippen molar-refractivity contribution >= 4 is 45.3 Å². The molecule has 0 radical (unpaired) electrons. The number of nitrogens with two attached hydrogens (primary N) is 1. The zero-order valence-electron chi connectivity index (χ0n) is 17.8. The molecule has 0 aliphatic carbocycles. The van der Waals surface area contributed by atoms with Gasteiger partial charge in [0.15, 0.2) is 11.6 Å². The van der Waals surface area contributed by atoms with Gasteiger partial charge in [-0.25, -0.2) is 8.42 Å². The van der Waals surface area contributed by atoms with Gasteiger partial charge in [0.2, 0.25) is 10.0 Å². The van der Waals surface area contributed by atoms with Crippen molar-refractivity contribution in [1.82, 2.24) is 9.62 Å². The normalized spacial score (nSPS) is 15.2. The Morgan fingerprint density at radius 2 is 2.06 bits per heavy atom. The fourth-order valence-electron chi connectivity index (χ4n) is 3.30. The molecular weight excluding hydrogens is 474 g/mol. The molecule has 1 saturated heterocycles. The van der Waals surface area contributed by atoms with E-state index < -0.39 is 15.8 Å². The number of furan rings is 1. The summed E-state index contributed by atoms with van der Waals surface area (Å²) in [5.41, 5.74) is 1.51. The summed E-state index contributed by atoms with van der Waals surface area (Å²) in [6, 6.07) is 4.78. The second-order valence-electron chi connectivity index (χ2n) is 7.34. The van der Waals surface area contributed by atoms with Crippen LogP contribution < -0.4 is 15.8 Å². The summed E-state index contributed by atoms with van der Waals surface area (Å²) < 4.78 is 37.1. The van der Waals surface area contributed by atoms with E-state index in [-0.39, 0.29) is 21.4 Å². The lowest BCUT2D eigenvalue weighted by molar-refractivity contribution is 0.445. The van der Waals surface area contributed by atoms with E-state index in [2.05, 4.69) is 21.6 Å². The highest BCUT2D eigenvalue weighted by molar-refractivity contribution is 7.95. The lowest BCUT2D eigenvalue weighted by Gasteiger charge is -2.20. The zero-order chi connectivity index (χ0) is 23.5. The van der Waals surface area contributed by atoms with Crippen molar-refractivity contribution in [2.24, 2.45) is 9.54 Å². The molecule has 0 spiro atoms. The Morgan fingerprint density at radius 3 is 2.66 bits per heavy atom. The van der Waals surface area contributed by atoms with Crippen LogP contribution in [-0.4, -0.2) is 36.8 Å². The molecule has 9 nitrogen and oxygen atoms in total. The minimum atomic E-state index is -3.95. The van der Waals surface area contributed by atoms with Gasteiger partial charge in [0.1, 0.15) is 16.4 Å². The first-order valence-electron chi connectivity index (χ1n) is 9.86. The number of phenolic OH excluding ortho intramolecular Hbond substituents is 1. The predicted octanol–water partition coefficient (Wildman–Crippen LogP) is 3.68. The molecule has 0 saturated carbocycles. The zero-order valence-corrected chi connectivity index (χ0v) is 20.2. The number of anilines is 1. The van der Waals surface area contributed by atoms with E-state index in [1.54, 1.807) is 0 Å². The first-order chi connectivity index (χ1) is 15.1. The highest BCUT2D eigenvalue weighted by Gasteiger charge is 2.33.